The largest absolute Gasteiger partial charge is 0.469 e. The normalized spacial score (nSPS) is 22.6. The van der Waals surface area contributed by atoms with Crippen molar-refractivity contribution in [3.8, 4) is 0 Å². The predicted octanol–water partition coefficient (Wildman–Crippen LogP) is 4.30. The number of carbonyl (C=O) groups is 1. The van der Waals surface area contributed by atoms with Gasteiger partial charge in [-0.25, -0.2) is 4.39 Å². The molecule has 5 rings (SSSR count). The van der Waals surface area contributed by atoms with Gasteiger partial charge in [0.05, 0.1) is 13.0 Å². The van der Waals surface area contributed by atoms with Gasteiger partial charge < -0.3 is 9.64 Å². The average molecular weight is 409 g/mol. The topological polar surface area (TPSA) is 32.8 Å². The maximum atomic E-state index is 14.0. The molecule has 158 valence electrons. The molecule has 0 aromatic heterocycles. The minimum absolute atomic E-state index is 0.0586. The quantitative estimate of drug-likeness (QED) is 0.706. The molecule has 2 aliphatic heterocycles. The second-order valence-electron chi connectivity index (χ2n) is 8.89. The van der Waals surface area contributed by atoms with E-state index in [0.717, 1.165) is 57.4 Å². The molecule has 2 heterocycles. The van der Waals surface area contributed by atoms with E-state index in [0.29, 0.717) is 6.04 Å². The lowest BCUT2D eigenvalue weighted by Gasteiger charge is -2.41. The van der Waals surface area contributed by atoms with Crippen LogP contribution in [0.5, 0.6) is 0 Å². The van der Waals surface area contributed by atoms with Crippen LogP contribution < -0.4 is 4.90 Å². The molecule has 2 saturated heterocycles. The van der Waals surface area contributed by atoms with Gasteiger partial charge in [-0.1, -0.05) is 24.3 Å². The molecule has 0 spiro atoms. The van der Waals surface area contributed by atoms with Gasteiger partial charge in [0, 0.05) is 30.7 Å². The number of carbonyl (C=O) groups excluding carboxylic acids is 1. The summed E-state index contributed by atoms with van der Waals surface area (Å²) in [5.41, 5.74) is 4.99. The van der Waals surface area contributed by atoms with E-state index < -0.39 is 0 Å². The molecule has 0 bridgehead atoms. The van der Waals surface area contributed by atoms with E-state index in [1.54, 1.807) is 12.1 Å². The number of rotatable bonds is 4. The van der Waals surface area contributed by atoms with Crippen LogP contribution in [-0.4, -0.2) is 44.2 Å². The summed E-state index contributed by atoms with van der Waals surface area (Å²) in [7, 11) is 1.48. The van der Waals surface area contributed by atoms with Crippen molar-refractivity contribution in [3.05, 3.63) is 65.0 Å². The van der Waals surface area contributed by atoms with Crippen LogP contribution in [0.1, 0.15) is 47.9 Å². The second kappa shape index (κ2) is 8.03. The van der Waals surface area contributed by atoms with Gasteiger partial charge in [0.2, 0.25) is 0 Å². The fourth-order valence-corrected chi connectivity index (χ4v) is 5.46. The number of nitrogens with zero attached hydrogens (tertiary/aromatic N) is 2. The van der Waals surface area contributed by atoms with Crippen LogP contribution in [0.4, 0.5) is 10.1 Å². The molecule has 0 radical (unpaired) electrons. The molecule has 2 aromatic carbocycles. The van der Waals surface area contributed by atoms with E-state index in [1.165, 1.54) is 23.9 Å². The van der Waals surface area contributed by atoms with Crippen LogP contribution in [0.25, 0.3) is 0 Å². The predicted molar refractivity (Wildman–Crippen MR) is 115 cm³/mol. The molecule has 1 unspecified atom stereocenters. The van der Waals surface area contributed by atoms with Crippen molar-refractivity contribution < 1.29 is 13.9 Å². The molecular weight excluding hydrogens is 379 g/mol. The molecule has 2 fully saturated rings. The molecule has 30 heavy (non-hydrogen) atoms. The van der Waals surface area contributed by atoms with E-state index in [9.17, 15) is 9.18 Å². The number of halogens is 1. The summed E-state index contributed by atoms with van der Waals surface area (Å²) in [6.07, 6.45) is 4.04. The van der Waals surface area contributed by atoms with Crippen molar-refractivity contribution in [2.24, 2.45) is 5.92 Å². The number of fused-ring (bicyclic) bond motifs is 1. The van der Waals surface area contributed by atoms with Crippen LogP contribution in [0.2, 0.25) is 0 Å². The highest BCUT2D eigenvalue weighted by molar-refractivity contribution is 5.72. The standard InChI is InChI=1S/C25H29FN2O2/c1-30-25(29)17-10-12-27(13-11-17)24-9-6-18-14-20(7-8-22(18)24)28-15-19(16-28)21-4-2-3-5-23(21)26/h2-5,7-8,14,17,19,24H,6,9-13,15-16H2,1H3. The first-order valence-electron chi connectivity index (χ1n) is 11.1. The van der Waals surface area contributed by atoms with Crippen molar-refractivity contribution in [2.45, 2.75) is 37.6 Å². The van der Waals surface area contributed by atoms with Crippen LogP contribution in [0.15, 0.2) is 42.5 Å². The van der Waals surface area contributed by atoms with E-state index in [2.05, 4.69) is 28.0 Å². The lowest BCUT2D eigenvalue weighted by atomic mass is 9.90. The Labute approximate surface area is 177 Å². The third kappa shape index (κ3) is 3.49. The fourth-order valence-electron chi connectivity index (χ4n) is 5.46. The Morgan fingerprint density at radius 3 is 2.53 bits per heavy atom. The summed E-state index contributed by atoms with van der Waals surface area (Å²) in [4.78, 5) is 16.7. The minimum atomic E-state index is -0.0880. The summed E-state index contributed by atoms with van der Waals surface area (Å²) >= 11 is 0. The molecular formula is C25H29FN2O2. The first-order chi connectivity index (χ1) is 14.6. The van der Waals surface area contributed by atoms with Gasteiger partial charge in [-0.3, -0.25) is 9.69 Å². The van der Waals surface area contributed by atoms with E-state index in [4.69, 9.17) is 4.74 Å². The van der Waals surface area contributed by atoms with Crippen molar-refractivity contribution in [1.82, 2.24) is 4.90 Å². The smallest absolute Gasteiger partial charge is 0.308 e. The first-order valence-corrected chi connectivity index (χ1v) is 11.1. The molecule has 1 atom stereocenters. The van der Waals surface area contributed by atoms with Crippen molar-refractivity contribution in [3.63, 3.8) is 0 Å². The third-order valence-electron chi connectivity index (χ3n) is 7.27. The van der Waals surface area contributed by atoms with E-state index >= 15 is 0 Å². The number of hydrogen-bond acceptors (Lipinski definition) is 4. The van der Waals surface area contributed by atoms with Gasteiger partial charge in [0.1, 0.15) is 5.82 Å². The maximum Gasteiger partial charge on any atom is 0.308 e. The van der Waals surface area contributed by atoms with Crippen LogP contribution in [0, 0.1) is 11.7 Å². The van der Waals surface area contributed by atoms with Crippen molar-refractivity contribution in [2.75, 3.05) is 38.2 Å². The third-order valence-corrected chi connectivity index (χ3v) is 7.27. The second-order valence-corrected chi connectivity index (χ2v) is 8.89. The molecule has 1 aliphatic carbocycles. The number of esters is 1. The van der Waals surface area contributed by atoms with Gasteiger partial charge >= 0.3 is 5.97 Å². The molecule has 0 saturated carbocycles. The Morgan fingerprint density at radius 2 is 1.80 bits per heavy atom. The van der Waals surface area contributed by atoms with Gasteiger partial charge in [-0.2, -0.15) is 0 Å². The highest BCUT2D eigenvalue weighted by Gasteiger charge is 2.34. The van der Waals surface area contributed by atoms with E-state index in [1.807, 2.05) is 12.1 Å². The van der Waals surface area contributed by atoms with Crippen LogP contribution >= 0.6 is 0 Å². The fraction of sp³-hybridized carbons (Fsp3) is 0.480. The van der Waals surface area contributed by atoms with Crippen LogP contribution in [-0.2, 0) is 16.0 Å². The number of likely N-dealkylation sites (tertiary alicyclic amines) is 1. The van der Waals surface area contributed by atoms with Gasteiger partial charge in [0.15, 0.2) is 0 Å². The Hall–Kier alpha value is -2.40. The first kappa shape index (κ1) is 19.6. The van der Waals surface area contributed by atoms with Crippen molar-refractivity contribution >= 4 is 11.7 Å². The molecule has 0 N–H and O–H groups in total. The zero-order valence-electron chi connectivity index (χ0n) is 17.5. The molecule has 5 heteroatoms. The Kier molecular flexibility index (Phi) is 5.23. The SMILES string of the molecule is COC(=O)C1CCN(C2CCc3cc(N4CC(c5ccccc5F)C4)ccc32)CC1. The monoisotopic (exact) mass is 408 g/mol. The number of aryl methyl sites for hydroxylation is 1. The summed E-state index contributed by atoms with van der Waals surface area (Å²) in [6.45, 7) is 3.68. The lowest BCUT2D eigenvalue weighted by molar-refractivity contribution is -0.147. The molecule has 0 amide bonds. The maximum absolute atomic E-state index is 14.0. The summed E-state index contributed by atoms with van der Waals surface area (Å²) in [5.74, 6) is 0.191. The summed E-state index contributed by atoms with van der Waals surface area (Å²) in [5, 5.41) is 0. The van der Waals surface area contributed by atoms with Gasteiger partial charge in [-0.05, 0) is 73.7 Å². The zero-order valence-corrected chi connectivity index (χ0v) is 17.5. The Morgan fingerprint density at radius 1 is 1.03 bits per heavy atom. The summed E-state index contributed by atoms with van der Waals surface area (Å²) < 4.78 is 18.9. The van der Waals surface area contributed by atoms with Crippen molar-refractivity contribution in [1.29, 1.82) is 0 Å². The average Bonchev–Trinajstić information content (AvgIpc) is 3.17. The minimum Gasteiger partial charge on any atom is -0.469 e. The Balaban J connectivity index is 1.22. The highest BCUT2D eigenvalue weighted by atomic mass is 19.1. The molecule has 2 aromatic rings. The number of methoxy groups -OCH3 is 1. The van der Waals surface area contributed by atoms with Gasteiger partial charge in [0.25, 0.3) is 0 Å². The number of ether oxygens (including phenoxy) is 1. The zero-order chi connectivity index (χ0) is 20.7. The Bertz CT molecular complexity index is 932. The molecule has 4 nitrogen and oxygen atoms in total. The number of benzene rings is 2. The van der Waals surface area contributed by atoms with E-state index in [-0.39, 0.29) is 23.6 Å². The van der Waals surface area contributed by atoms with Crippen LogP contribution in [0.3, 0.4) is 0 Å². The summed E-state index contributed by atoms with van der Waals surface area (Å²) in [6, 6.07) is 14.5. The number of hydrogen-bond donors (Lipinski definition) is 0. The lowest BCUT2D eigenvalue weighted by Crippen LogP contribution is -2.45. The molecule has 3 aliphatic rings. The number of piperidine rings is 1. The number of anilines is 1. The van der Waals surface area contributed by atoms with Gasteiger partial charge in [-0.15, -0.1) is 0 Å². The highest BCUT2D eigenvalue weighted by Crippen LogP contribution is 2.41.